The van der Waals surface area contributed by atoms with Gasteiger partial charge < -0.3 is 15.4 Å². The standard InChI is InChI=1S/C18H22N4O4S/c1-26-16-4-2-3-13(9-16)5-7-19-17(23)14-10-20-18(21-11-14)22-15-6-8-27(24,25)12-15/h2-4,9-11,15H,5-8,12H2,1H3,(H,19,23)(H,20,21,22). The maximum absolute atomic E-state index is 12.2. The Bertz CT molecular complexity index is 900. The Labute approximate surface area is 158 Å². The van der Waals surface area contributed by atoms with Gasteiger partial charge in [0.15, 0.2) is 9.84 Å². The van der Waals surface area contributed by atoms with Crippen LogP contribution in [-0.4, -0.2) is 55.5 Å². The lowest BCUT2D eigenvalue weighted by Crippen LogP contribution is -2.26. The van der Waals surface area contributed by atoms with Crippen molar-refractivity contribution in [1.82, 2.24) is 15.3 Å². The fourth-order valence-corrected chi connectivity index (χ4v) is 4.53. The molecule has 1 amide bonds. The van der Waals surface area contributed by atoms with Crippen molar-refractivity contribution >= 4 is 21.7 Å². The molecule has 144 valence electrons. The van der Waals surface area contributed by atoms with E-state index in [9.17, 15) is 13.2 Å². The molecule has 27 heavy (non-hydrogen) atoms. The van der Waals surface area contributed by atoms with Crippen LogP contribution in [0.15, 0.2) is 36.7 Å². The van der Waals surface area contributed by atoms with Crippen molar-refractivity contribution < 1.29 is 17.9 Å². The molecule has 0 aliphatic carbocycles. The summed E-state index contributed by atoms with van der Waals surface area (Å²) in [5, 5.41) is 5.82. The zero-order valence-corrected chi connectivity index (χ0v) is 15.8. The van der Waals surface area contributed by atoms with Gasteiger partial charge in [-0.05, 0) is 30.5 Å². The van der Waals surface area contributed by atoms with Crippen molar-refractivity contribution in [3.63, 3.8) is 0 Å². The summed E-state index contributed by atoms with van der Waals surface area (Å²) < 4.78 is 28.1. The number of carbonyl (C=O) groups is 1. The van der Waals surface area contributed by atoms with Gasteiger partial charge in [0.05, 0.1) is 24.2 Å². The average Bonchev–Trinajstić information content (AvgIpc) is 3.00. The molecule has 3 rings (SSSR count). The molecule has 1 aliphatic rings. The van der Waals surface area contributed by atoms with E-state index in [1.54, 1.807) is 7.11 Å². The van der Waals surface area contributed by atoms with Gasteiger partial charge in [-0.3, -0.25) is 4.79 Å². The van der Waals surface area contributed by atoms with Gasteiger partial charge in [-0.1, -0.05) is 12.1 Å². The Morgan fingerprint density at radius 2 is 2.07 bits per heavy atom. The molecular formula is C18H22N4O4S. The number of methoxy groups -OCH3 is 1. The molecule has 1 aliphatic heterocycles. The summed E-state index contributed by atoms with van der Waals surface area (Å²) in [6, 6.07) is 7.50. The van der Waals surface area contributed by atoms with Crippen LogP contribution in [0.3, 0.4) is 0 Å². The quantitative estimate of drug-likeness (QED) is 0.727. The molecule has 1 unspecified atom stereocenters. The van der Waals surface area contributed by atoms with E-state index in [0.29, 0.717) is 30.9 Å². The van der Waals surface area contributed by atoms with E-state index in [4.69, 9.17) is 4.74 Å². The molecule has 1 atom stereocenters. The summed E-state index contributed by atoms with van der Waals surface area (Å²) in [4.78, 5) is 20.4. The van der Waals surface area contributed by atoms with E-state index in [-0.39, 0.29) is 23.5 Å². The van der Waals surface area contributed by atoms with Crippen LogP contribution >= 0.6 is 0 Å². The first kappa shape index (κ1) is 19.1. The highest BCUT2D eigenvalue weighted by Crippen LogP contribution is 2.15. The van der Waals surface area contributed by atoms with E-state index in [1.807, 2.05) is 24.3 Å². The summed E-state index contributed by atoms with van der Waals surface area (Å²) in [5.41, 5.74) is 1.42. The second kappa shape index (κ2) is 8.34. The Morgan fingerprint density at radius 1 is 1.30 bits per heavy atom. The highest BCUT2D eigenvalue weighted by Gasteiger charge is 2.28. The lowest BCUT2D eigenvalue weighted by molar-refractivity contribution is 0.0953. The third-order valence-electron chi connectivity index (χ3n) is 4.31. The molecule has 1 fully saturated rings. The molecule has 2 heterocycles. The third-order valence-corrected chi connectivity index (χ3v) is 6.08. The smallest absolute Gasteiger partial charge is 0.254 e. The van der Waals surface area contributed by atoms with E-state index in [0.717, 1.165) is 11.3 Å². The second-order valence-corrected chi connectivity index (χ2v) is 8.63. The molecule has 2 N–H and O–H groups in total. The molecule has 1 saturated heterocycles. The van der Waals surface area contributed by atoms with Crippen LogP contribution in [0.2, 0.25) is 0 Å². The Kier molecular flexibility index (Phi) is 5.90. The van der Waals surface area contributed by atoms with Crippen LogP contribution in [0.1, 0.15) is 22.3 Å². The van der Waals surface area contributed by atoms with E-state index >= 15 is 0 Å². The molecule has 0 radical (unpaired) electrons. The number of benzene rings is 1. The number of hydrogen-bond donors (Lipinski definition) is 2. The Morgan fingerprint density at radius 3 is 2.74 bits per heavy atom. The SMILES string of the molecule is COc1cccc(CCNC(=O)c2cnc(NC3CCS(=O)(=O)C3)nc2)c1. The summed E-state index contributed by atoms with van der Waals surface area (Å²) >= 11 is 0. The van der Waals surface area contributed by atoms with Gasteiger partial charge in [0.1, 0.15) is 5.75 Å². The summed E-state index contributed by atoms with van der Waals surface area (Å²) in [6.07, 6.45) is 4.08. The fraction of sp³-hybridized carbons (Fsp3) is 0.389. The molecule has 1 aromatic heterocycles. The highest BCUT2D eigenvalue weighted by atomic mass is 32.2. The predicted molar refractivity (Wildman–Crippen MR) is 102 cm³/mol. The number of rotatable bonds is 7. The van der Waals surface area contributed by atoms with E-state index in [1.165, 1.54) is 12.4 Å². The lowest BCUT2D eigenvalue weighted by atomic mass is 10.1. The number of nitrogens with one attached hydrogen (secondary N) is 2. The first-order chi connectivity index (χ1) is 12.9. The molecule has 2 aromatic rings. The Hall–Kier alpha value is -2.68. The number of aromatic nitrogens is 2. The normalized spacial score (nSPS) is 18.0. The van der Waals surface area contributed by atoms with Crippen molar-refractivity contribution in [2.24, 2.45) is 0 Å². The molecule has 0 bridgehead atoms. The van der Waals surface area contributed by atoms with Crippen molar-refractivity contribution in [1.29, 1.82) is 0 Å². The molecule has 8 nitrogen and oxygen atoms in total. The number of nitrogens with zero attached hydrogens (tertiary/aromatic N) is 2. The third kappa shape index (κ3) is 5.40. The van der Waals surface area contributed by atoms with Crippen LogP contribution in [0, 0.1) is 0 Å². The van der Waals surface area contributed by atoms with Crippen LogP contribution in [-0.2, 0) is 16.3 Å². The van der Waals surface area contributed by atoms with E-state index in [2.05, 4.69) is 20.6 Å². The van der Waals surface area contributed by atoms with Crippen molar-refractivity contribution in [2.75, 3.05) is 30.5 Å². The predicted octanol–water partition coefficient (Wildman–Crippen LogP) is 1.06. The number of amides is 1. The van der Waals surface area contributed by atoms with Crippen LogP contribution in [0.25, 0.3) is 0 Å². The Balaban J connectivity index is 1.48. The van der Waals surface area contributed by atoms with Gasteiger partial charge in [0.25, 0.3) is 5.91 Å². The zero-order valence-electron chi connectivity index (χ0n) is 15.0. The number of hydrogen-bond acceptors (Lipinski definition) is 7. The number of ether oxygens (including phenoxy) is 1. The van der Waals surface area contributed by atoms with Crippen molar-refractivity contribution in [3.05, 3.63) is 47.8 Å². The summed E-state index contributed by atoms with van der Waals surface area (Å²) in [6.45, 7) is 0.478. The first-order valence-electron chi connectivity index (χ1n) is 8.65. The largest absolute Gasteiger partial charge is 0.497 e. The fourth-order valence-electron chi connectivity index (χ4n) is 2.86. The number of anilines is 1. The van der Waals surface area contributed by atoms with Crippen molar-refractivity contribution in [2.45, 2.75) is 18.9 Å². The van der Waals surface area contributed by atoms with Gasteiger partial charge in [-0.2, -0.15) is 0 Å². The van der Waals surface area contributed by atoms with E-state index < -0.39 is 9.84 Å². The van der Waals surface area contributed by atoms with Crippen LogP contribution in [0.5, 0.6) is 5.75 Å². The minimum atomic E-state index is -2.96. The van der Waals surface area contributed by atoms with Gasteiger partial charge >= 0.3 is 0 Å². The van der Waals surface area contributed by atoms with Crippen LogP contribution < -0.4 is 15.4 Å². The van der Waals surface area contributed by atoms with Gasteiger partial charge in [0.2, 0.25) is 5.95 Å². The number of sulfone groups is 1. The van der Waals surface area contributed by atoms with Gasteiger partial charge in [-0.25, -0.2) is 18.4 Å². The van der Waals surface area contributed by atoms with Crippen LogP contribution in [0.4, 0.5) is 5.95 Å². The molecule has 0 saturated carbocycles. The summed E-state index contributed by atoms with van der Waals surface area (Å²) in [7, 11) is -1.35. The average molecular weight is 390 g/mol. The molecular weight excluding hydrogens is 368 g/mol. The monoisotopic (exact) mass is 390 g/mol. The minimum absolute atomic E-state index is 0.0862. The minimum Gasteiger partial charge on any atom is -0.497 e. The van der Waals surface area contributed by atoms with Gasteiger partial charge in [0, 0.05) is 25.0 Å². The molecule has 9 heteroatoms. The number of carbonyl (C=O) groups excluding carboxylic acids is 1. The maximum atomic E-state index is 12.2. The first-order valence-corrected chi connectivity index (χ1v) is 10.5. The summed E-state index contributed by atoms with van der Waals surface area (Å²) in [5.74, 6) is 1.12. The molecule has 1 aromatic carbocycles. The topological polar surface area (TPSA) is 110 Å². The maximum Gasteiger partial charge on any atom is 0.254 e. The molecule has 0 spiro atoms. The zero-order chi connectivity index (χ0) is 19.3. The second-order valence-electron chi connectivity index (χ2n) is 6.40. The lowest BCUT2D eigenvalue weighted by Gasteiger charge is -2.10. The van der Waals surface area contributed by atoms with Crippen molar-refractivity contribution in [3.8, 4) is 5.75 Å². The van der Waals surface area contributed by atoms with Gasteiger partial charge in [-0.15, -0.1) is 0 Å². The highest BCUT2D eigenvalue weighted by molar-refractivity contribution is 7.91.